The highest BCUT2D eigenvalue weighted by Gasteiger charge is 2.17. The number of carbonyl (C=O) groups excluding carboxylic acids is 2. The van der Waals surface area contributed by atoms with Crippen LogP contribution in [-0.4, -0.2) is 42.7 Å². The molecule has 1 heterocycles. The maximum atomic E-state index is 12.1. The van der Waals surface area contributed by atoms with Crippen molar-refractivity contribution in [3.63, 3.8) is 0 Å². The summed E-state index contributed by atoms with van der Waals surface area (Å²) in [7, 11) is 0. The van der Waals surface area contributed by atoms with E-state index < -0.39 is 23.4 Å². The van der Waals surface area contributed by atoms with E-state index in [1.54, 1.807) is 12.1 Å². The number of hydrogen-bond acceptors (Lipinski definition) is 7. The maximum absolute atomic E-state index is 12.1. The second-order valence-corrected chi connectivity index (χ2v) is 6.92. The number of nitro groups is 1. The van der Waals surface area contributed by atoms with Gasteiger partial charge in [0.2, 0.25) is 0 Å². The molecule has 0 aliphatic carbocycles. The van der Waals surface area contributed by atoms with E-state index >= 15 is 0 Å². The first kappa shape index (κ1) is 21.5. The summed E-state index contributed by atoms with van der Waals surface area (Å²) in [4.78, 5) is 34.2. The third kappa shape index (κ3) is 5.91. The minimum absolute atomic E-state index is 0.00229. The zero-order chi connectivity index (χ0) is 21.5. The summed E-state index contributed by atoms with van der Waals surface area (Å²) in [5, 5.41) is 13.1. The van der Waals surface area contributed by atoms with E-state index in [2.05, 4.69) is 5.32 Å². The van der Waals surface area contributed by atoms with E-state index in [4.69, 9.17) is 25.8 Å². The Labute approximate surface area is 177 Å². The molecule has 0 spiro atoms. The van der Waals surface area contributed by atoms with Crippen molar-refractivity contribution in [2.45, 2.75) is 18.9 Å². The van der Waals surface area contributed by atoms with Crippen molar-refractivity contribution in [3.05, 3.63) is 63.2 Å². The molecule has 1 N–H and O–H groups in total. The minimum Gasteiger partial charge on any atom is -0.491 e. The number of hydrogen-bond donors (Lipinski definition) is 1. The number of ether oxygens (including phenoxy) is 3. The SMILES string of the molecule is O=C(COC(=O)c1ccc(OC[C@H]2CCCO2)cc1)Nc1ccc([N+](=O)[O-])cc1Cl. The third-order valence-corrected chi connectivity index (χ3v) is 4.63. The predicted molar refractivity (Wildman–Crippen MR) is 108 cm³/mol. The van der Waals surface area contributed by atoms with Gasteiger partial charge in [-0.15, -0.1) is 0 Å². The first-order valence-corrected chi connectivity index (χ1v) is 9.55. The number of nitrogens with zero attached hydrogens (tertiary/aromatic N) is 1. The van der Waals surface area contributed by atoms with Crippen LogP contribution in [0, 0.1) is 10.1 Å². The average Bonchev–Trinajstić information content (AvgIpc) is 3.26. The summed E-state index contributed by atoms with van der Waals surface area (Å²) in [6.07, 6.45) is 2.10. The van der Waals surface area contributed by atoms with Crippen LogP contribution in [0.2, 0.25) is 5.02 Å². The van der Waals surface area contributed by atoms with Crippen LogP contribution in [0.5, 0.6) is 5.75 Å². The molecule has 1 aliphatic rings. The Balaban J connectivity index is 1.46. The van der Waals surface area contributed by atoms with Crippen LogP contribution in [0.15, 0.2) is 42.5 Å². The van der Waals surface area contributed by atoms with Gasteiger partial charge in [-0.2, -0.15) is 0 Å². The van der Waals surface area contributed by atoms with E-state index in [0.29, 0.717) is 12.4 Å². The van der Waals surface area contributed by atoms with E-state index in [9.17, 15) is 19.7 Å². The van der Waals surface area contributed by atoms with Crippen LogP contribution in [-0.2, 0) is 14.3 Å². The molecular formula is C20H19ClN2O7. The van der Waals surface area contributed by atoms with Crippen molar-refractivity contribution in [2.24, 2.45) is 0 Å². The number of halogens is 1. The monoisotopic (exact) mass is 434 g/mol. The van der Waals surface area contributed by atoms with Crippen molar-refractivity contribution in [2.75, 3.05) is 25.1 Å². The fraction of sp³-hybridized carbons (Fsp3) is 0.300. The minimum atomic E-state index is -0.675. The number of non-ortho nitro benzene ring substituents is 1. The molecule has 2 aromatic rings. The Morgan fingerprint density at radius 2 is 2.00 bits per heavy atom. The molecule has 158 valence electrons. The Kier molecular flexibility index (Phi) is 7.21. The topological polar surface area (TPSA) is 117 Å². The van der Waals surface area contributed by atoms with Gasteiger partial charge in [0.1, 0.15) is 12.4 Å². The number of carbonyl (C=O) groups is 2. The van der Waals surface area contributed by atoms with Gasteiger partial charge in [0.15, 0.2) is 6.61 Å². The molecule has 0 unspecified atom stereocenters. The van der Waals surface area contributed by atoms with Gasteiger partial charge in [0.25, 0.3) is 11.6 Å². The van der Waals surface area contributed by atoms with Crippen molar-refractivity contribution >= 4 is 34.9 Å². The summed E-state index contributed by atoms with van der Waals surface area (Å²) in [6, 6.07) is 9.98. The molecule has 0 bridgehead atoms. The van der Waals surface area contributed by atoms with Crippen molar-refractivity contribution in [1.82, 2.24) is 0 Å². The van der Waals surface area contributed by atoms with Crippen LogP contribution >= 0.6 is 11.6 Å². The summed E-state index contributed by atoms with van der Waals surface area (Å²) in [5.41, 5.74) is 0.240. The fourth-order valence-corrected chi connectivity index (χ4v) is 2.99. The quantitative estimate of drug-likeness (QED) is 0.383. The molecule has 0 radical (unpaired) electrons. The lowest BCUT2D eigenvalue weighted by atomic mass is 10.2. The van der Waals surface area contributed by atoms with Gasteiger partial charge in [-0.25, -0.2) is 4.79 Å². The number of amides is 1. The Morgan fingerprint density at radius 1 is 1.23 bits per heavy atom. The molecule has 1 fully saturated rings. The van der Waals surface area contributed by atoms with Gasteiger partial charge in [-0.1, -0.05) is 11.6 Å². The van der Waals surface area contributed by atoms with Crippen LogP contribution in [0.1, 0.15) is 23.2 Å². The zero-order valence-electron chi connectivity index (χ0n) is 15.8. The van der Waals surface area contributed by atoms with Crippen LogP contribution in [0.25, 0.3) is 0 Å². The highest BCUT2D eigenvalue weighted by molar-refractivity contribution is 6.34. The van der Waals surface area contributed by atoms with Crippen molar-refractivity contribution in [1.29, 1.82) is 0 Å². The van der Waals surface area contributed by atoms with E-state index in [1.807, 2.05) is 0 Å². The van der Waals surface area contributed by atoms with E-state index in [-0.39, 0.29) is 28.1 Å². The largest absolute Gasteiger partial charge is 0.491 e. The second kappa shape index (κ2) is 10.0. The zero-order valence-corrected chi connectivity index (χ0v) is 16.6. The van der Waals surface area contributed by atoms with Gasteiger partial charge in [-0.05, 0) is 43.2 Å². The molecule has 0 saturated carbocycles. The Morgan fingerprint density at radius 3 is 2.63 bits per heavy atom. The number of benzene rings is 2. The molecule has 1 saturated heterocycles. The first-order valence-electron chi connectivity index (χ1n) is 9.18. The molecule has 1 aliphatic heterocycles. The first-order chi connectivity index (χ1) is 14.4. The molecule has 10 heteroatoms. The lowest BCUT2D eigenvalue weighted by molar-refractivity contribution is -0.384. The number of nitro benzene ring substituents is 1. The molecule has 9 nitrogen and oxygen atoms in total. The molecule has 2 aromatic carbocycles. The lowest BCUT2D eigenvalue weighted by Gasteiger charge is -2.11. The second-order valence-electron chi connectivity index (χ2n) is 6.52. The Hall–Kier alpha value is -3.17. The number of rotatable bonds is 8. The molecule has 30 heavy (non-hydrogen) atoms. The average molecular weight is 435 g/mol. The lowest BCUT2D eigenvalue weighted by Crippen LogP contribution is -2.21. The van der Waals surface area contributed by atoms with Gasteiger partial charge in [0.05, 0.1) is 27.3 Å². The van der Waals surface area contributed by atoms with Crippen LogP contribution in [0.3, 0.4) is 0 Å². The molecular weight excluding hydrogens is 416 g/mol. The van der Waals surface area contributed by atoms with Crippen molar-refractivity contribution < 1.29 is 28.7 Å². The fourth-order valence-electron chi connectivity index (χ4n) is 2.77. The third-order valence-electron chi connectivity index (χ3n) is 4.32. The maximum Gasteiger partial charge on any atom is 0.338 e. The summed E-state index contributed by atoms with van der Waals surface area (Å²) in [5.74, 6) is -0.700. The van der Waals surface area contributed by atoms with Gasteiger partial charge in [0, 0.05) is 18.7 Å². The standard InChI is InChI=1S/C20H19ClN2O7/c21-17-10-14(23(26)27)5-8-18(17)22-19(24)12-30-20(25)13-3-6-15(7-4-13)29-11-16-2-1-9-28-16/h3-8,10,16H,1-2,9,11-12H2,(H,22,24)/t16-/m1/s1. The normalized spacial score (nSPS) is 15.4. The van der Waals surface area contributed by atoms with Gasteiger partial charge in [-0.3, -0.25) is 14.9 Å². The molecule has 0 aromatic heterocycles. The summed E-state index contributed by atoms with van der Waals surface area (Å²) >= 11 is 5.91. The van der Waals surface area contributed by atoms with Gasteiger partial charge >= 0.3 is 5.97 Å². The van der Waals surface area contributed by atoms with Crippen LogP contribution in [0.4, 0.5) is 11.4 Å². The Bertz CT molecular complexity index is 927. The van der Waals surface area contributed by atoms with E-state index in [0.717, 1.165) is 25.5 Å². The molecule has 3 rings (SSSR count). The smallest absolute Gasteiger partial charge is 0.338 e. The van der Waals surface area contributed by atoms with Gasteiger partial charge < -0.3 is 19.5 Å². The highest BCUT2D eigenvalue weighted by Crippen LogP contribution is 2.26. The number of nitrogens with one attached hydrogen (secondary N) is 1. The molecule has 1 atom stereocenters. The van der Waals surface area contributed by atoms with Crippen LogP contribution < -0.4 is 10.1 Å². The van der Waals surface area contributed by atoms with Crippen molar-refractivity contribution in [3.8, 4) is 5.75 Å². The van der Waals surface area contributed by atoms with E-state index in [1.165, 1.54) is 24.3 Å². The predicted octanol–water partition coefficient (Wildman–Crippen LogP) is 3.60. The molecule has 1 amide bonds. The summed E-state index contributed by atoms with van der Waals surface area (Å²) < 4.78 is 16.1. The summed E-state index contributed by atoms with van der Waals surface area (Å²) in [6.45, 7) is 0.668. The number of esters is 1. The number of anilines is 1. The highest BCUT2D eigenvalue weighted by atomic mass is 35.5.